The number of nitrogens with zero attached hydrogens (tertiary/aromatic N) is 2. The number of benzene rings is 1. The third-order valence-electron chi connectivity index (χ3n) is 3.18. The molecule has 112 valence electrons. The van der Waals surface area contributed by atoms with Gasteiger partial charge in [-0.1, -0.05) is 12.1 Å². The number of nitrogens with one attached hydrogen (secondary N) is 1. The van der Waals surface area contributed by atoms with E-state index in [4.69, 9.17) is 9.47 Å². The summed E-state index contributed by atoms with van der Waals surface area (Å²) >= 11 is 0. The number of para-hydroxylation sites is 1. The van der Waals surface area contributed by atoms with Crippen LogP contribution in [0.5, 0.6) is 5.75 Å². The molecule has 0 aliphatic rings. The van der Waals surface area contributed by atoms with Gasteiger partial charge in [-0.05, 0) is 26.0 Å². The third-order valence-corrected chi connectivity index (χ3v) is 3.18. The molecule has 0 fully saturated rings. The van der Waals surface area contributed by atoms with Gasteiger partial charge in [-0.3, -0.25) is 0 Å². The Bertz CT molecular complexity index is 614. The van der Waals surface area contributed by atoms with Crippen molar-refractivity contribution in [3.63, 3.8) is 0 Å². The van der Waals surface area contributed by atoms with Gasteiger partial charge < -0.3 is 14.8 Å². The fraction of sp³-hybridized carbons (Fsp3) is 0.375. The predicted octanol–water partition coefficient (Wildman–Crippen LogP) is 2.83. The molecule has 0 aliphatic heterocycles. The monoisotopic (exact) mass is 287 g/mol. The molecule has 5 nitrogen and oxygen atoms in total. The van der Waals surface area contributed by atoms with Crippen LogP contribution in [0.15, 0.2) is 24.3 Å². The largest absolute Gasteiger partial charge is 0.490 e. The summed E-state index contributed by atoms with van der Waals surface area (Å²) in [6.45, 7) is 4.96. The minimum atomic E-state index is 0.509. The van der Waals surface area contributed by atoms with Crippen molar-refractivity contribution >= 4 is 5.82 Å². The first-order valence-electron chi connectivity index (χ1n) is 6.91. The lowest BCUT2D eigenvalue weighted by molar-refractivity contribution is 0.146. The van der Waals surface area contributed by atoms with Gasteiger partial charge in [-0.25, -0.2) is 9.97 Å². The Morgan fingerprint density at radius 1 is 1.10 bits per heavy atom. The van der Waals surface area contributed by atoms with Crippen LogP contribution in [0.4, 0.5) is 5.82 Å². The summed E-state index contributed by atoms with van der Waals surface area (Å²) in [5.74, 6) is 2.37. The number of methoxy groups -OCH3 is 1. The number of hydrogen-bond acceptors (Lipinski definition) is 5. The second-order valence-corrected chi connectivity index (χ2v) is 4.68. The quantitative estimate of drug-likeness (QED) is 0.828. The van der Waals surface area contributed by atoms with Crippen LogP contribution in [0.3, 0.4) is 0 Å². The van der Waals surface area contributed by atoms with E-state index >= 15 is 0 Å². The van der Waals surface area contributed by atoms with Crippen LogP contribution in [-0.2, 0) is 4.74 Å². The average molecular weight is 287 g/mol. The van der Waals surface area contributed by atoms with Crippen molar-refractivity contribution in [1.29, 1.82) is 0 Å². The van der Waals surface area contributed by atoms with Crippen LogP contribution in [0.1, 0.15) is 11.4 Å². The molecule has 0 radical (unpaired) electrons. The number of anilines is 1. The Kier molecular flexibility index (Phi) is 5.11. The van der Waals surface area contributed by atoms with E-state index in [9.17, 15) is 0 Å². The highest BCUT2D eigenvalue weighted by molar-refractivity contribution is 5.73. The second-order valence-electron chi connectivity index (χ2n) is 4.68. The molecule has 1 N–H and O–H groups in total. The van der Waals surface area contributed by atoms with Crippen molar-refractivity contribution in [3.8, 4) is 17.0 Å². The zero-order valence-corrected chi connectivity index (χ0v) is 12.9. The maximum atomic E-state index is 5.79. The molecule has 0 atom stereocenters. The first kappa shape index (κ1) is 15.3. The smallest absolute Gasteiger partial charge is 0.132 e. The van der Waals surface area contributed by atoms with E-state index in [-0.39, 0.29) is 0 Å². The number of hydrogen-bond donors (Lipinski definition) is 1. The molecule has 1 aromatic carbocycles. The normalized spacial score (nSPS) is 10.5. The average Bonchev–Trinajstić information content (AvgIpc) is 2.50. The van der Waals surface area contributed by atoms with Gasteiger partial charge in [0.1, 0.15) is 24.0 Å². The summed E-state index contributed by atoms with van der Waals surface area (Å²) in [5.41, 5.74) is 2.86. The number of aryl methyl sites for hydroxylation is 1. The van der Waals surface area contributed by atoms with Gasteiger partial charge in [0.2, 0.25) is 0 Å². The van der Waals surface area contributed by atoms with Gasteiger partial charge >= 0.3 is 0 Å². The van der Waals surface area contributed by atoms with Crippen molar-refractivity contribution in [2.75, 3.05) is 32.7 Å². The highest BCUT2D eigenvalue weighted by Gasteiger charge is 2.14. The van der Waals surface area contributed by atoms with Crippen LogP contribution < -0.4 is 10.1 Å². The summed E-state index contributed by atoms with van der Waals surface area (Å²) in [4.78, 5) is 8.98. The molecule has 1 heterocycles. The Labute approximate surface area is 125 Å². The lowest BCUT2D eigenvalue weighted by atomic mass is 10.1. The molecule has 21 heavy (non-hydrogen) atoms. The summed E-state index contributed by atoms with van der Waals surface area (Å²) in [6.07, 6.45) is 0. The Hall–Kier alpha value is -2.14. The van der Waals surface area contributed by atoms with E-state index in [0.717, 1.165) is 34.2 Å². The highest BCUT2D eigenvalue weighted by atomic mass is 16.5. The molecule has 0 bridgehead atoms. The van der Waals surface area contributed by atoms with Crippen LogP contribution in [0.25, 0.3) is 11.3 Å². The maximum Gasteiger partial charge on any atom is 0.132 e. The first-order valence-corrected chi connectivity index (χ1v) is 6.91. The fourth-order valence-corrected chi connectivity index (χ4v) is 2.16. The van der Waals surface area contributed by atoms with Gasteiger partial charge in [-0.2, -0.15) is 0 Å². The molecule has 0 spiro atoms. The molecule has 1 aromatic heterocycles. The van der Waals surface area contributed by atoms with E-state index in [1.807, 2.05) is 45.2 Å². The molecule has 2 rings (SSSR count). The van der Waals surface area contributed by atoms with Crippen molar-refractivity contribution in [2.45, 2.75) is 13.8 Å². The summed E-state index contributed by atoms with van der Waals surface area (Å²) in [6, 6.07) is 7.89. The van der Waals surface area contributed by atoms with Crippen LogP contribution in [0.2, 0.25) is 0 Å². The number of rotatable bonds is 6. The minimum Gasteiger partial charge on any atom is -0.490 e. The molecular weight excluding hydrogens is 266 g/mol. The summed E-state index contributed by atoms with van der Waals surface area (Å²) in [7, 11) is 3.52. The lowest BCUT2D eigenvalue weighted by Crippen LogP contribution is -2.07. The van der Waals surface area contributed by atoms with Gasteiger partial charge in [0, 0.05) is 25.3 Å². The van der Waals surface area contributed by atoms with Gasteiger partial charge in [-0.15, -0.1) is 0 Å². The molecule has 0 saturated heterocycles. The Morgan fingerprint density at radius 3 is 2.57 bits per heavy atom. The number of aromatic nitrogens is 2. The van der Waals surface area contributed by atoms with Gasteiger partial charge in [0.05, 0.1) is 12.3 Å². The molecule has 0 unspecified atom stereocenters. The van der Waals surface area contributed by atoms with Crippen molar-refractivity contribution in [3.05, 3.63) is 35.7 Å². The van der Waals surface area contributed by atoms with E-state index in [2.05, 4.69) is 15.3 Å². The Morgan fingerprint density at radius 2 is 1.86 bits per heavy atom. The van der Waals surface area contributed by atoms with Crippen LogP contribution in [-0.4, -0.2) is 37.3 Å². The predicted molar refractivity (Wildman–Crippen MR) is 83.9 cm³/mol. The molecular formula is C16H21N3O2. The molecule has 0 amide bonds. The van der Waals surface area contributed by atoms with E-state index < -0.39 is 0 Å². The minimum absolute atomic E-state index is 0.509. The number of ether oxygens (including phenoxy) is 2. The summed E-state index contributed by atoms with van der Waals surface area (Å²) in [5, 5.41) is 3.11. The first-order chi connectivity index (χ1) is 10.2. The standard InChI is InChI=1S/C16H21N3O2/c1-11-15(18-12(2)19-16(11)17-3)13-7-5-6-8-14(13)21-10-9-20-4/h5-8H,9-10H2,1-4H3,(H,17,18,19). The zero-order valence-electron chi connectivity index (χ0n) is 12.9. The molecule has 0 saturated carbocycles. The van der Waals surface area contributed by atoms with Crippen molar-refractivity contribution in [2.24, 2.45) is 0 Å². The van der Waals surface area contributed by atoms with E-state index in [1.165, 1.54) is 0 Å². The van der Waals surface area contributed by atoms with Crippen molar-refractivity contribution < 1.29 is 9.47 Å². The lowest BCUT2D eigenvalue weighted by Gasteiger charge is -2.14. The summed E-state index contributed by atoms with van der Waals surface area (Å²) < 4.78 is 10.8. The second kappa shape index (κ2) is 7.04. The molecule has 0 aliphatic carbocycles. The molecule has 2 aromatic rings. The van der Waals surface area contributed by atoms with Gasteiger partial charge in [0.25, 0.3) is 0 Å². The Balaban J connectivity index is 2.44. The van der Waals surface area contributed by atoms with E-state index in [0.29, 0.717) is 13.2 Å². The zero-order chi connectivity index (χ0) is 15.2. The van der Waals surface area contributed by atoms with E-state index in [1.54, 1.807) is 7.11 Å². The van der Waals surface area contributed by atoms with Crippen LogP contribution >= 0.6 is 0 Å². The fourth-order valence-electron chi connectivity index (χ4n) is 2.16. The third kappa shape index (κ3) is 3.49. The SMILES string of the molecule is CNc1nc(C)nc(-c2ccccc2OCCOC)c1C. The topological polar surface area (TPSA) is 56.3 Å². The molecule has 5 heteroatoms. The van der Waals surface area contributed by atoms with Crippen LogP contribution in [0, 0.1) is 13.8 Å². The van der Waals surface area contributed by atoms with Crippen molar-refractivity contribution in [1.82, 2.24) is 9.97 Å². The van der Waals surface area contributed by atoms with Gasteiger partial charge in [0.15, 0.2) is 0 Å². The maximum absolute atomic E-state index is 5.79. The highest BCUT2D eigenvalue weighted by Crippen LogP contribution is 2.32.